The van der Waals surface area contributed by atoms with E-state index in [9.17, 15) is 0 Å². The van der Waals surface area contributed by atoms with Gasteiger partial charge >= 0.3 is 0 Å². The first kappa shape index (κ1) is 6.74. The third-order valence-electron chi connectivity index (χ3n) is 1.19. The van der Waals surface area contributed by atoms with Crippen LogP contribution in [0.5, 0.6) is 0 Å². The Morgan fingerprint density at radius 1 is 1.78 bits per heavy atom. The van der Waals surface area contributed by atoms with Gasteiger partial charge in [-0.15, -0.1) is 0 Å². The van der Waals surface area contributed by atoms with Crippen LogP contribution in [-0.4, -0.2) is 28.7 Å². The van der Waals surface area contributed by atoms with Gasteiger partial charge in [-0.05, 0) is 13.0 Å². The molecule has 2 N–H and O–H groups in total. The van der Waals surface area contributed by atoms with Gasteiger partial charge in [0, 0.05) is 0 Å². The Labute approximate surface area is 53.6 Å². The van der Waals surface area contributed by atoms with Gasteiger partial charge in [-0.2, -0.15) is 0 Å². The predicted molar refractivity (Wildman–Crippen MR) is 31.7 cm³/mol. The summed E-state index contributed by atoms with van der Waals surface area (Å²) >= 11 is 0. The van der Waals surface area contributed by atoms with Crippen LogP contribution in [0, 0.1) is 0 Å². The van der Waals surface area contributed by atoms with Gasteiger partial charge < -0.3 is 14.9 Å². The summed E-state index contributed by atoms with van der Waals surface area (Å²) < 4.78 is 4.89. The van der Waals surface area contributed by atoms with Crippen molar-refractivity contribution in [2.75, 3.05) is 6.61 Å². The molecule has 52 valence electrons. The van der Waals surface area contributed by atoms with E-state index in [4.69, 9.17) is 14.9 Å². The molecule has 1 aliphatic heterocycles. The molecule has 0 radical (unpaired) electrons. The van der Waals surface area contributed by atoms with Gasteiger partial charge in [0.05, 0.1) is 6.61 Å². The minimum atomic E-state index is -1.17. The summed E-state index contributed by atoms with van der Waals surface area (Å²) in [6, 6.07) is 0. The number of rotatable bonds is 1. The van der Waals surface area contributed by atoms with Gasteiger partial charge in [-0.1, -0.05) is 6.08 Å². The van der Waals surface area contributed by atoms with Gasteiger partial charge in [0.2, 0.25) is 0 Å². The third-order valence-corrected chi connectivity index (χ3v) is 1.19. The number of aliphatic hydroxyl groups excluding tert-OH is 1. The summed E-state index contributed by atoms with van der Waals surface area (Å²) in [6.45, 7) is 1.45. The molecule has 0 amide bonds. The van der Waals surface area contributed by atoms with Crippen molar-refractivity contribution in [1.29, 1.82) is 0 Å². The zero-order valence-electron chi connectivity index (χ0n) is 5.24. The molecule has 3 heteroatoms. The fraction of sp³-hybridized carbons (Fsp3) is 0.667. The minimum absolute atomic E-state index is 0.0767. The zero-order chi connectivity index (χ0) is 6.91. The van der Waals surface area contributed by atoms with E-state index >= 15 is 0 Å². The van der Waals surface area contributed by atoms with Crippen LogP contribution in [0.2, 0.25) is 0 Å². The Bertz CT molecular complexity index is 128. The summed E-state index contributed by atoms with van der Waals surface area (Å²) in [5.74, 6) is -1.17. The quantitative estimate of drug-likeness (QED) is 0.477. The van der Waals surface area contributed by atoms with Crippen molar-refractivity contribution in [2.45, 2.75) is 18.8 Å². The van der Waals surface area contributed by atoms with Crippen molar-refractivity contribution < 1.29 is 14.9 Å². The van der Waals surface area contributed by atoms with E-state index in [-0.39, 0.29) is 12.7 Å². The molecule has 0 aromatic rings. The topological polar surface area (TPSA) is 49.7 Å². The van der Waals surface area contributed by atoms with E-state index in [1.54, 1.807) is 6.08 Å². The Hall–Kier alpha value is -0.380. The third kappa shape index (κ3) is 1.51. The smallest absolute Gasteiger partial charge is 0.183 e. The molecule has 0 saturated heterocycles. The van der Waals surface area contributed by atoms with Crippen LogP contribution in [-0.2, 0) is 4.74 Å². The second-order valence-electron chi connectivity index (χ2n) is 2.25. The van der Waals surface area contributed by atoms with Gasteiger partial charge in [0.1, 0.15) is 6.10 Å². The van der Waals surface area contributed by atoms with Crippen LogP contribution in [0.3, 0.4) is 0 Å². The number of hydrogen-bond acceptors (Lipinski definition) is 3. The Kier molecular flexibility index (Phi) is 1.57. The maximum atomic E-state index is 9.08. The zero-order valence-corrected chi connectivity index (χ0v) is 5.24. The largest absolute Gasteiger partial charge is 0.393 e. The summed E-state index contributed by atoms with van der Waals surface area (Å²) in [4.78, 5) is 0. The van der Waals surface area contributed by atoms with Crippen LogP contribution in [0.1, 0.15) is 6.92 Å². The molecular weight excluding hydrogens is 120 g/mol. The van der Waals surface area contributed by atoms with E-state index in [1.807, 2.05) is 0 Å². The fourth-order valence-electron chi connectivity index (χ4n) is 0.769. The lowest BCUT2D eigenvalue weighted by molar-refractivity contribution is -0.165. The van der Waals surface area contributed by atoms with Gasteiger partial charge in [-0.3, -0.25) is 0 Å². The van der Waals surface area contributed by atoms with Gasteiger partial charge in [0.25, 0.3) is 0 Å². The van der Waals surface area contributed by atoms with Crippen molar-refractivity contribution in [3.63, 3.8) is 0 Å². The maximum Gasteiger partial charge on any atom is 0.183 e. The molecule has 0 aliphatic carbocycles. The highest BCUT2D eigenvalue weighted by atomic mass is 16.6. The molecule has 2 atom stereocenters. The first-order valence-electron chi connectivity index (χ1n) is 2.84. The van der Waals surface area contributed by atoms with Crippen LogP contribution in [0.15, 0.2) is 12.2 Å². The molecule has 1 rings (SSSR count). The van der Waals surface area contributed by atoms with E-state index in [0.29, 0.717) is 0 Å². The van der Waals surface area contributed by atoms with Crippen molar-refractivity contribution in [3.05, 3.63) is 12.2 Å². The average molecular weight is 130 g/mol. The fourth-order valence-corrected chi connectivity index (χ4v) is 0.769. The van der Waals surface area contributed by atoms with Crippen LogP contribution in [0.25, 0.3) is 0 Å². The normalized spacial score (nSPS) is 41.9. The molecule has 1 aliphatic rings. The van der Waals surface area contributed by atoms with Crippen molar-refractivity contribution >= 4 is 0 Å². The molecule has 0 bridgehead atoms. The molecule has 0 aromatic heterocycles. The molecule has 0 aromatic carbocycles. The first-order chi connectivity index (χ1) is 4.14. The van der Waals surface area contributed by atoms with Gasteiger partial charge in [0.15, 0.2) is 5.79 Å². The second-order valence-corrected chi connectivity index (χ2v) is 2.25. The van der Waals surface area contributed by atoms with E-state index in [2.05, 4.69) is 0 Å². The Balaban J connectivity index is 2.50. The number of ether oxygens (including phenoxy) is 1. The van der Waals surface area contributed by atoms with Crippen molar-refractivity contribution in [3.8, 4) is 0 Å². The highest BCUT2D eigenvalue weighted by Crippen LogP contribution is 2.18. The molecular formula is C6H10O3. The first-order valence-corrected chi connectivity index (χ1v) is 2.84. The second kappa shape index (κ2) is 2.10. The summed E-state index contributed by atoms with van der Waals surface area (Å²) in [5, 5.41) is 17.6. The standard InChI is InChI=1S/C6H10O3/c1-6(8)3-2-5(4-7)9-6/h2-3,5,7-8H,4H2,1H3. The van der Waals surface area contributed by atoms with E-state index in [1.165, 1.54) is 13.0 Å². The Morgan fingerprint density at radius 3 is 2.67 bits per heavy atom. The van der Waals surface area contributed by atoms with E-state index in [0.717, 1.165) is 0 Å². The molecule has 2 unspecified atom stereocenters. The SMILES string of the molecule is CC1(O)C=CC(CO)O1. The van der Waals surface area contributed by atoms with Crippen molar-refractivity contribution in [1.82, 2.24) is 0 Å². The van der Waals surface area contributed by atoms with Crippen LogP contribution >= 0.6 is 0 Å². The van der Waals surface area contributed by atoms with Gasteiger partial charge in [-0.25, -0.2) is 0 Å². The average Bonchev–Trinajstić information content (AvgIpc) is 2.10. The molecule has 1 heterocycles. The van der Waals surface area contributed by atoms with E-state index < -0.39 is 5.79 Å². The number of aliphatic hydroxyl groups is 2. The highest BCUT2D eigenvalue weighted by molar-refractivity contribution is 5.04. The minimum Gasteiger partial charge on any atom is -0.393 e. The lowest BCUT2D eigenvalue weighted by Gasteiger charge is -2.16. The summed E-state index contributed by atoms with van der Waals surface area (Å²) in [5.41, 5.74) is 0. The molecule has 0 saturated carbocycles. The van der Waals surface area contributed by atoms with Crippen LogP contribution in [0.4, 0.5) is 0 Å². The Morgan fingerprint density at radius 2 is 2.44 bits per heavy atom. The summed E-state index contributed by atoms with van der Waals surface area (Å²) in [7, 11) is 0. The summed E-state index contributed by atoms with van der Waals surface area (Å²) in [6.07, 6.45) is 2.83. The monoisotopic (exact) mass is 130 g/mol. The lowest BCUT2D eigenvalue weighted by atomic mass is 10.3. The molecule has 0 fully saturated rings. The molecule has 0 spiro atoms. The van der Waals surface area contributed by atoms with Crippen LogP contribution < -0.4 is 0 Å². The van der Waals surface area contributed by atoms with Crippen molar-refractivity contribution in [2.24, 2.45) is 0 Å². The number of hydrogen-bond donors (Lipinski definition) is 2. The molecule has 9 heavy (non-hydrogen) atoms. The molecule has 3 nitrogen and oxygen atoms in total. The predicted octanol–water partition coefficient (Wildman–Crippen LogP) is -0.358. The maximum absolute atomic E-state index is 9.08. The lowest BCUT2D eigenvalue weighted by Crippen LogP contribution is -2.25. The highest BCUT2D eigenvalue weighted by Gasteiger charge is 2.26.